The van der Waals surface area contributed by atoms with E-state index in [0.717, 1.165) is 6.07 Å². The maximum atomic E-state index is 14.1. The van der Waals surface area contributed by atoms with Crippen LogP contribution in [0, 0.1) is 11.6 Å². The molecule has 0 spiro atoms. The highest BCUT2D eigenvalue weighted by Gasteiger charge is 2.37. The van der Waals surface area contributed by atoms with Crippen LogP contribution in [0.25, 0.3) is 33.5 Å². The molecule has 1 aliphatic heterocycles. The first-order chi connectivity index (χ1) is 15.9. The van der Waals surface area contributed by atoms with Crippen LogP contribution in [0.3, 0.4) is 0 Å². The number of nitrogens with one attached hydrogen (secondary N) is 1. The second-order valence-electron chi connectivity index (χ2n) is 7.63. The second kappa shape index (κ2) is 8.68. The van der Waals surface area contributed by atoms with E-state index in [1.165, 1.54) is 12.1 Å². The van der Waals surface area contributed by atoms with Gasteiger partial charge in [0.05, 0.1) is 29.4 Å². The number of halogens is 3. The molecule has 0 bridgehead atoms. The molecule has 3 heterocycles. The minimum atomic E-state index is -0.986. The van der Waals surface area contributed by atoms with Gasteiger partial charge in [0.25, 0.3) is 6.01 Å². The lowest BCUT2D eigenvalue weighted by Gasteiger charge is -2.15. The fourth-order valence-electron chi connectivity index (χ4n) is 3.75. The van der Waals surface area contributed by atoms with E-state index >= 15 is 0 Å². The van der Waals surface area contributed by atoms with E-state index in [4.69, 9.17) is 21.1 Å². The molecule has 0 aliphatic carbocycles. The normalized spacial score (nSPS) is 20.5. The topological polar surface area (TPSA) is 100 Å². The number of ether oxygens (including phenoxy) is 2. The van der Waals surface area contributed by atoms with Crippen LogP contribution in [0.2, 0.25) is 5.02 Å². The molecular weight excluding hydrogens is 456 g/mol. The number of rotatable bonds is 5. The first-order valence-corrected chi connectivity index (χ1v) is 10.5. The van der Waals surface area contributed by atoms with E-state index in [1.54, 1.807) is 30.3 Å². The van der Waals surface area contributed by atoms with Gasteiger partial charge in [-0.1, -0.05) is 35.9 Å². The van der Waals surface area contributed by atoms with Crippen LogP contribution in [0.4, 0.5) is 8.78 Å². The van der Waals surface area contributed by atoms with Gasteiger partial charge >= 0.3 is 0 Å². The van der Waals surface area contributed by atoms with Crippen molar-refractivity contribution in [2.75, 3.05) is 13.2 Å². The molecule has 1 fully saturated rings. The van der Waals surface area contributed by atoms with E-state index in [9.17, 15) is 19.0 Å². The van der Waals surface area contributed by atoms with Crippen molar-refractivity contribution in [1.29, 1.82) is 0 Å². The van der Waals surface area contributed by atoms with Gasteiger partial charge in [-0.05, 0) is 23.8 Å². The van der Waals surface area contributed by atoms with Crippen molar-refractivity contribution in [1.82, 2.24) is 15.0 Å². The molecule has 4 aromatic rings. The number of aliphatic hydroxyl groups is 2. The van der Waals surface area contributed by atoms with Crippen molar-refractivity contribution in [3.63, 3.8) is 0 Å². The first kappa shape index (κ1) is 21.7. The van der Waals surface area contributed by atoms with Gasteiger partial charge in [0.2, 0.25) is 0 Å². The number of H-pyrrole nitrogens is 1. The molecule has 2 aromatic carbocycles. The first-order valence-electron chi connectivity index (χ1n) is 10.1. The number of fused-ring (bicyclic) bond motifs is 1. The number of pyridine rings is 1. The van der Waals surface area contributed by atoms with Gasteiger partial charge in [-0.2, -0.15) is 4.98 Å². The van der Waals surface area contributed by atoms with E-state index < -0.39 is 29.9 Å². The third-order valence-corrected chi connectivity index (χ3v) is 5.77. The molecule has 5 rings (SSSR count). The molecule has 10 heteroatoms. The molecule has 3 atom stereocenters. The molecule has 170 valence electrons. The third kappa shape index (κ3) is 4.16. The fourth-order valence-corrected chi connectivity index (χ4v) is 4.01. The molecular formula is C23H18ClF2N3O4. The van der Waals surface area contributed by atoms with E-state index in [-0.39, 0.29) is 24.8 Å². The largest absolute Gasteiger partial charge is 0.456 e. The summed E-state index contributed by atoms with van der Waals surface area (Å²) in [4.78, 5) is 11.8. The van der Waals surface area contributed by atoms with Crippen LogP contribution in [-0.4, -0.2) is 56.7 Å². The van der Waals surface area contributed by atoms with Crippen LogP contribution < -0.4 is 4.74 Å². The molecule has 7 nitrogen and oxygen atoms in total. The molecule has 0 amide bonds. The monoisotopic (exact) mass is 473 g/mol. The molecule has 1 saturated heterocycles. The van der Waals surface area contributed by atoms with Gasteiger partial charge in [0.1, 0.15) is 23.8 Å². The Morgan fingerprint density at radius 1 is 1.09 bits per heavy atom. The smallest absolute Gasteiger partial charge is 0.296 e. The number of aromatic nitrogens is 3. The zero-order chi connectivity index (χ0) is 23.1. The predicted molar refractivity (Wildman–Crippen MR) is 117 cm³/mol. The molecule has 2 unspecified atom stereocenters. The number of aliphatic hydroxyl groups excluding tert-OH is 2. The van der Waals surface area contributed by atoms with Crippen molar-refractivity contribution in [3.05, 3.63) is 65.2 Å². The summed E-state index contributed by atoms with van der Waals surface area (Å²) in [5, 5.41) is 19.7. The highest BCUT2D eigenvalue weighted by atomic mass is 35.5. The Bertz CT molecular complexity index is 1320. The molecule has 2 aromatic heterocycles. The SMILES string of the molecule is OC[C@H]1OCC(Oc2nc3nc(-c4ccc(-c5ccc(F)cc5F)cc4)c(Cl)cc3[nH]2)C1O. The highest BCUT2D eigenvalue weighted by Crippen LogP contribution is 2.32. The lowest BCUT2D eigenvalue weighted by atomic mass is 10.0. The Morgan fingerprint density at radius 2 is 1.85 bits per heavy atom. The highest BCUT2D eigenvalue weighted by molar-refractivity contribution is 6.33. The Morgan fingerprint density at radius 3 is 2.55 bits per heavy atom. The van der Waals surface area contributed by atoms with Crippen LogP contribution >= 0.6 is 11.6 Å². The summed E-state index contributed by atoms with van der Waals surface area (Å²) in [5.41, 5.74) is 2.92. The van der Waals surface area contributed by atoms with Crippen LogP contribution in [0.5, 0.6) is 6.01 Å². The van der Waals surface area contributed by atoms with Crippen molar-refractivity contribution >= 4 is 22.8 Å². The van der Waals surface area contributed by atoms with Crippen molar-refractivity contribution in [2.24, 2.45) is 0 Å². The minimum absolute atomic E-state index is 0.115. The van der Waals surface area contributed by atoms with Gasteiger partial charge in [-0.15, -0.1) is 0 Å². The minimum Gasteiger partial charge on any atom is -0.456 e. The lowest BCUT2D eigenvalue weighted by molar-refractivity contribution is -0.00390. The summed E-state index contributed by atoms with van der Waals surface area (Å²) in [5.74, 6) is -1.28. The molecule has 1 aliphatic rings. The number of hydrogen-bond acceptors (Lipinski definition) is 6. The lowest BCUT2D eigenvalue weighted by Crippen LogP contribution is -2.36. The fraction of sp³-hybridized carbons (Fsp3) is 0.217. The van der Waals surface area contributed by atoms with E-state index in [1.807, 2.05) is 0 Å². The van der Waals surface area contributed by atoms with Crippen LogP contribution in [0.1, 0.15) is 0 Å². The van der Waals surface area contributed by atoms with Gasteiger partial charge in [-0.3, -0.25) is 0 Å². The summed E-state index contributed by atoms with van der Waals surface area (Å²) in [6.07, 6.45) is -2.37. The quantitative estimate of drug-likeness (QED) is 0.408. The predicted octanol–water partition coefficient (Wildman–Crippen LogP) is 3.72. The van der Waals surface area contributed by atoms with Gasteiger partial charge in [0.15, 0.2) is 11.8 Å². The zero-order valence-electron chi connectivity index (χ0n) is 17.0. The van der Waals surface area contributed by atoms with Crippen molar-refractivity contribution in [3.8, 4) is 28.4 Å². The average Bonchev–Trinajstić information content (AvgIpc) is 3.35. The molecule has 3 N–H and O–H groups in total. The Kier molecular flexibility index (Phi) is 5.71. The summed E-state index contributed by atoms with van der Waals surface area (Å²) in [7, 11) is 0. The standard InChI is InChI=1S/C23H18ClF2N3O4/c24-15-8-17-22(29-23(27-17)33-19-10-32-18(9-30)21(19)31)28-20(15)12-3-1-11(2-4-12)14-6-5-13(25)7-16(14)26/h1-8,18-19,21,30-31H,9-10H2,(H,27,28,29)/t18-,19?,21?/m1/s1. The summed E-state index contributed by atoms with van der Waals surface area (Å²) in [6, 6.07) is 12.1. The number of nitrogens with zero attached hydrogens (tertiary/aromatic N) is 2. The maximum Gasteiger partial charge on any atom is 0.296 e. The Labute approximate surface area is 191 Å². The van der Waals surface area contributed by atoms with Crippen molar-refractivity contribution in [2.45, 2.75) is 18.3 Å². The summed E-state index contributed by atoms with van der Waals surface area (Å²) < 4.78 is 38.2. The van der Waals surface area contributed by atoms with Crippen LogP contribution in [0.15, 0.2) is 48.5 Å². The molecule has 33 heavy (non-hydrogen) atoms. The summed E-state index contributed by atoms with van der Waals surface area (Å²) >= 11 is 6.44. The second-order valence-corrected chi connectivity index (χ2v) is 8.04. The van der Waals surface area contributed by atoms with Crippen LogP contribution in [-0.2, 0) is 4.74 Å². The number of hydrogen-bond donors (Lipinski definition) is 3. The number of benzene rings is 2. The third-order valence-electron chi connectivity index (χ3n) is 5.48. The molecule has 0 saturated carbocycles. The van der Waals surface area contributed by atoms with E-state index in [0.29, 0.717) is 33.0 Å². The Hall–Kier alpha value is -3.11. The Balaban J connectivity index is 1.41. The maximum absolute atomic E-state index is 14.1. The zero-order valence-corrected chi connectivity index (χ0v) is 17.8. The van der Waals surface area contributed by atoms with Gasteiger partial charge in [-0.25, -0.2) is 13.8 Å². The molecule has 0 radical (unpaired) electrons. The van der Waals surface area contributed by atoms with E-state index in [2.05, 4.69) is 15.0 Å². The van der Waals surface area contributed by atoms with Gasteiger partial charge in [0, 0.05) is 17.2 Å². The summed E-state index contributed by atoms with van der Waals surface area (Å²) in [6.45, 7) is -0.196. The number of imidazole rings is 1. The van der Waals surface area contributed by atoms with Crippen molar-refractivity contribution < 1.29 is 28.5 Å². The average molecular weight is 474 g/mol. The number of aromatic amines is 1. The van der Waals surface area contributed by atoms with Gasteiger partial charge < -0.3 is 24.7 Å².